The minimum atomic E-state index is 1.08. The molecule has 1 aromatic heterocycles. The number of benzene rings is 12. The van der Waals surface area contributed by atoms with Gasteiger partial charge in [-0.2, -0.15) is 0 Å². The van der Waals surface area contributed by atoms with Gasteiger partial charge in [-0.3, -0.25) is 0 Å². The van der Waals surface area contributed by atoms with Crippen LogP contribution in [0.2, 0.25) is 0 Å². The van der Waals surface area contributed by atoms with E-state index in [1.165, 1.54) is 98.6 Å². The molecule has 13 aromatic rings. The Morgan fingerprint density at radius 3 is 1.26 bits per heavy atom. The molecule has 0 spiro atoms. The van der Waals surface area contributed by atoms with Crippen LogP contribution in [-0.2, 0) is 0 Å². The van der Waals surface area contributed by atoms with Crippen molar-refractivity contribution < 1.29 is 0 Å². The SMILES string of the molecule is c1cc(N(c2ccc(-c3ccc(-c4cccc5ccccc45)cc3)cc2)c2ccc(-c3ccc(-c4cc5ccccc5c5ccccc45)cc3)cc2)cc(-n2c3ccccc3c3ccccc32)c1. The minimum Gasteiger partial charge on any atom is -0.310 e. The zero-order chi connectivity index (χ0) is 45.0. The van der Waals surface area contributed by atoms with Gasteiger partial charge >= 0.3 is 0 Å². The topological polar surface area (TPSA) is 8.17 Å². The molecule has 0 fully saturated rings. The molecule has 13 rings (SSSR count). The summed E-state index contributed by atoms with van der Waals surface area (Å²) in [5.74, 6) is 0. The van der Waals surface area contributed by atoms with E-state index in [-0.39, 0.29) is 0 Å². The highest BCUT2D eigenvalue weighted by Gasteiger charge is 2.18. The lowest BCUT2D eigenvalue weighted by Gasteiger charge is -2.26. The molecule has 68 heavy (non-hydrogen) atoms. The largest absolute Gasteiger partial charge is 0.310 e. The number of hydrogen-bond donors (Lipinski definition) is 0. The maximum Gasteiger partial charge on any atom is 0.0541 e. The van der Waals surface area contributed by atoms with E-state index in [9.17, 15) is 0 Å². The van der Waals surface area contributed by atoms with Crippen molar-refractivity contribution in [1.82, 2.24) is 4.57 Å². The van der Waals surface area contributed by atoms with Crippen LogP contribution >= 0.6 is 0 Å². The van der Waals surface area contributed by atoms with E-state index in [2.05, 4.69) is 276 Å². The summed E-state index contributed by atoms with van der Waals surface area (Å²) < 4.78 is 2.39. The number of anilines is 3. The molecule has 0 aliphatic rings. The van der Waals surface area contributed by atoms with E-state index < -0.39 is 0 Å². The summed E-state index contributed by atoms with van der Waals surface area (Å²) in [5.41, 5.74) is 16.4. The average molecular weight is 865 g/mol. The smallest absolute Gasteiger partial charge is 0.0541 e. The Labute approximate surface area is 395 Å². The van der Waals surface area contributed by atoms with E-state index >= 15 is 0 Å². The van der Waals surface area contributed by atoms with Crippen molar-refractivity contribution in [3.63, 3.8) is 0 Å². The Hall–Kier alpha value is -8.98. The molecule has 0 bridgehead atoms. The van der Waals surface area contributed by atoms with Gasteiger partial charge in [0.25, 0.3) is 0 Å². The summed E-state index contributed by atoms with van der Waals surface area (Å²) in [7, 11) is 0. The molecule has 2 heteroatoms. The van der Waals surface area contributed by atoms with E-state index in [0.717, 1.165) is 22.7 Å². The van der Waals surface area contributed by atoms with Crippen molar-refractivity contribution in [1.29, 1.82) is 0 Å². The first kappa shape index (κ1) is 39.4. The van der Waals surface area contributed by atoms with Crippen LogP contribution < -0.4 is 4.90 Å². The van der Waals surface area contributed by atoms with Crippen molar-refractivity contribution in [2.24, 2.45) is 0 Å². The third-order valence-electron chi connectivity index (χ3n) is 13.8. The maximum atomic E-state index is 2.39. The van der Waals surface area contributed by atoms with Crippen LogP contribution in [0, 0.1) is 0 Å². The van der Waals surface area contributed by atoms with Crippen molar-refractivity contribution in [3.05, 3.63) is 267 Å². The Balaban J connectivity index is 0.866. The van der Waals surface area contributed by atoms with Gasteiger partial charge in [0.15, 0.2) is 0 Å². The second-order valence-corrected chi connectivity index (χ2v) is 17.7. The summed E-state index contributed by atoms with van der Waals surface area (Å²) >= 11 is 0. The fourth-order valence-corrected chi connectivity index (χ4v) is 10.5. The van der Waals surface area contributed by atoms with Gasteiger partial charge in [-0.1, -0.05) is 206 Å². The van der Waals surface area contributed by atoms with Crippen molar-refractivity contribution >= 4 is 71.2 Å². The average Bonchev–Trinajstić information content (AvgIpc) is 3.76. The molecule has 1 heterocycles. The van der Waals surface area contributed by atoms with Crippen LogP contribution in [0.15, 0.2) is 267 Å². The molecule has 2 nitrogen and oxygen atoms in total. The molecule has 0 saturated heterocycles. The summed E-state index contributed by atoms with van der Waals surface area (Å²) in [6, 6.07) is 97.4. The maximum absolute atomic E-state index is 2.39. The van der Waals surface area contributed by atoms with Crippen LogP contribution in [-0.4, -0.2) is 4.57 Å². The molecular formula is C66H44N2. The van der Waals surface area contributed by atoms with Crippen LogP contribution in [0.1, 0.15) is 0 Å². The first-order valence-electron chi connectivity index (χ1n) is 23.4. The summed E-state index contributed by atoms with van der Waals surface area (Å²) in [6.45, 7) is 0. The molecule has 0 aliphatic carbocycles. The normalized spacial score (nSPS) is 11.5. The number of hydrogen-bond acceptors (Lipinski definition) is 1. The lowest BCUT2D eigenvalue weighted by Crippen LogP contribution is -2.10. The molecule has 12 aromatic carbocycles. The Bertz CT molecular complexity index is 3930. The van der Waals surface area contributed by atoms with Gasteiger partial charge in [0, 0.05) is 33.5 Å². The Morgan fingerprint density at radius 2 is 0.662 bits per heavy atom. The lowest BCUT2D eigenvalue weighted by atomic mass is 9.92. The molecule has 0 radical (unpaired) electrons. The highest BCUT2D eigenvalue weighted by atomic mass is 15.1. The van der Waals surface area contributed by atoms with Gasteiger partial charge in [-0.05, 0) is 137 Å². The van der Waals surface area contributed by atoms with Crippen LogP contribution in [0.4, 0.5) is 17.1 Å². The number of rotatable bonds is 8. The van der Waals surface area contributed by atoms with Gasteiger partial charge in [0.1, 0.15) is 0 Å². The second kappa shape index (κ2) is 16.5. The van der Waals surface area contributed by atoms with Crippen LogP contribution in [0.5, 0.6) is 0 Å². The van der Waals surface area contributed by atoms with Gasteiger partial charge in [-0.25, -0.2) is 0 Å². The highest BCUT2D eigenvalue weighted by molar-refractivity contribution is 6.14. The van der Waals surface area contributed by atoms with E-state index in [0.29, 0.717) is 0 Å². The fourth-order valence-electron chi connectivity index (χ4n) is 10.5. The standard InChI is InChI=1S/C66H44N2/c1-3-18-57-49(13-1)15-11-24-58(57)50-31-27-45(28-32-50)47-35-39-53(40-36-47)67(55-16-12-17-56(44-55)68-65-25-9-7-22-62(65)63-23-8-10-26-66(63)68)54-41-37-48(38-42-54)46-29-33-51(34-30-46)64-43-52-14-2-4-19-59(52)60-20-5-6-21-61(60)64/h1-44H. The van der Waals surface area contributed by atoms with E-state index in [1.54, 1.807) is 0 Å². The highest BCUT2D eigenvalue weighted by Crippen LogP contribution is 2.41. The van der Waals surface area contributed by atoms with Crippen molar-refractivity contribution in [2.75, 3.05) is 4.90 Å². The van der Waals surface area contributed by atoms with Gasteiger partial charge in [-0.15, -0.1) is 0 Å². The molecule has 318 valence electrons. The Kier molecular flexibility index (Phi) is 9.54. The molecule has 0 atom stereocenters. The quantitative estimate of drug-likeness (QED) is 0.138. The molecule has 0 amide bonds. The first-order chi connectivity index (χ1) is 33.7. The van der Waals surface area contributed by atoms with E-state index in [1.807, 2.05) is 0 Å². The van der Waals surface area contributed by atoms with E-state index in [4.69, 9.17) is 0 Å². The molecule has 0 saturated carbocycles. The third-order valence-corrected chi connectivity index (χ3v) is 13.8. The predicted molar refractivity (Wildman–Crippen MR) is 290 cm³/mol. The molecule has 0 aliphatic heterocycles. The third kappa shape index (κ3) is 6.82. The number of para-hydroxylation sites is 2. The second-order valence-electron chi connectivity index (χ2n) is 17.7. The lowest BCUT2D eigenvalue weighted by molar-refractivity contribution is 1.17. The summed E-state index contributed by atoms with van der Waals surface area (Å²) in [4.78, 5) is 2.38. The van der Waals surface area contributed by atoms with Crippen molar-refractivity contribution in [2.45, 2.75) is 0 Å². The minimum absolute atomic E-state index is 1.08. The monoisotopic (exact) mass is 864 g/mol. The number of fused-ring (bicyclic) bond motifs is 7. The van der Waals surface area contributed by atoms with Gasteiger partial charge < -0.3 is 9.47 Å². The first-order valence-corrected chi connectivity index (χ1v) is 23.4. The Morgan fingerprint density at radius 1 is 0.235 bits per heavy atom. The molecular weight excluding hydrogens is 821 g/mol. The zero-order valence-corrected chi connectivity index (χ0v) is 37.3. The molecule has 0 N–H and O–H groups in total. The number of aromatic nitrogens is 1. The molecule has 0 unspecified atom stereocenters. The van der Waals surface area contributed by atoms with Gasteiger partial charge in [0.2, 0.25) is 0 Å². The van der Waals surface area contributed by atoms with Gasteiger partial charge in [0.05, 0.1) is 11.0 Å². The zero-order valence-electron chi connectivity index (χ0n) is 37.3. The summed E-state index contributed by atoms with van der Waals surface area (Å²) in [5, 5.41) is 10.1. The van der Waals surface area contributed by atoms with Crippen LogP contribution in [0.25, 0.3) is 104 Å². The fraction of sp³-hybridized carbons (Fsp3) is 0. The van der Waals surface area contributed by atoms with Crippen LogP contribution in [0.3, 0.4) is 0 Å². The summed E-state index contributed by atoms with van der Waals surface area (Å²) in [6.07, 6.45) is 0. The van der Waals surface area contributed by atoms with Crippen molar-refractivity contribution in [3.8, 4) is 50.2 Å². The predicted octanol–water partition coefficient (Wildman–Crippen LogP) is 18.4. The number of nitrogens with zero attached hydrogens (tertiary/aromatic N) is 2.